The first-order chi connectivity index (χ1) is 9.63. The molecule has 0 bridgehead atoms. The van der Waals surface area contributed by atoms with E-state index in [2.05, 4.69) is 5.10 Å². The van der Waals surface area contributed by atoms with Crippen molar-refractivity contribution in [3.05, 3.63) is 63.9 Å². The summed E-state index contributed by atoms with van der Waals surface area (Å²) >= 11 is 1.31. The number of nitrogens with zero attached hydrogens (tertiary/aromatic N) is 2. The highest BCUT2D eigenvalue weighted by molar-refractivity contribution is 7.13. The van der Waals surface area contributed by atoms with Crippen LogP contribution in [0.5, 0.6) is 5.75 Å². The number of aromatic nitrogens is 1. The summed E-state index contributed by atoms with van der Waals surface area (Å²) < 4.78 is 2.29. The maximum atomic E-state index is 12.2. The largest absolute Gasteiger partial charge is 0.508 e. The summed E-state index contributed by atoms with van der Waals surface area (Å²) in [5.74, 6) is 0.205. The van der Waals surface area contributed by atoms with Crippen LogP contribution in [-0.4, -0.2) is 15.4 Å². The van der Waals surface area contributed by atoms with E-state index in [9.17, 15) is 9.90 Å². The van der Waals surface area contributed by atoms with Crippen molar-refractivity contribution < 1.29 is 5.11 Å². The average Bonchev–Trinajstić information content (AvgIpc) is 2.75. The Kier molecular flexibility index (Phi) is 3.12. The molecule has 0 fully saturated rings. The van der Waals surface area contributed by atoms with Crippen LogP contribution < -0.4 is 5.56 Å². The van der Waals surface area contributed by atoms with Gasteiger partial charge in [-0.15, -0.1) is 4.07 Å². The van der Waals surface area contributed by atoms with E-state index >= 15 is 0 Å². The van der Waals surface area contributed by atoms with Crippen molar-refractivity contribution in [3.8, 4) is 5.75 Å². The fourth-order valence-corrected chi connectivity index (χ4v) is 2.72. The minimum Gasteiger partial charge on any atom is -0.508 e. The van der Waals surface area contributed by atoms with E-state index in [1.54, 1.807) is 30.5 Å². The Morgan fingerprint density at radius 2 is 1.95 bits per heavy atom. The molecule has 3 rings (SSSR count). The summed E-state index contributed by atoms with van der Waals surface area (Å²) in [5, 5.41) is 14.1. The van der Waals surface area contributed by atoms with E-state index in [1.807, 2.05) is 25.1 Å². The van der Waals surface area contributed by atoms with Crippen LogP contribution in [0.15, 0.2) is 52.4 Å². The van der Waals surface area contributed by atoms with Gasteiger partial charge in [0.25, 0.3) is 5.56 Å². The van der Waals surface area contributed by atoms with Crippen molar-refractivity contribution in [1.29, 1.82) is 0 Å². The van der Waals surface area contributed by atoms with Gasteiger partial charge in [-0.2, -0.15) is 5.10 Å². The zero-order chi connectivity index (χ0) is 14.1. The lowest BCUT2D eigenvalue weighted by molar-refractivity contribution is 0.475. The summed E-state index contributed by atoms with van der Waals surface area (Å²) in [6.45, 7) is 1.96. The van der Waals surface area contributed by atoms with Crippen LogP contribution in [0.1, 0.15) is 11.1 Å². The minimum atomic E-state index is -0.108. The van der Waals surface area contributed by atoms with Crippen molar-refractivity contribution in [1.82, 2.24) is 4.07 Å². The van der Waals surface area contributed by atoms with Crippen LogP contribution in [0.3, 0.4) is 0 Å². The Bertz CT molecular complexity index is 844. The van der Waals surface area contributed by atoms with Gasteiger partial charge in [-0.05, 0) is 60.4 Å². The van der Waals surface area contributed by atoms with Crippen molar-refractivity contribution in [2.24, 2.45) is 5.10 Å². The first-order valence-corrected chi connectivity index (χ1v) is 6.87. The second-order valence-electron chi connectivity index (χ2n) is 4.51. The van der Waals surface area contributed by atoms with Crippen LogP contribution in [0.2, 0.25) is 0 Å². The number of phenols is 1. The number of phenolic OH excluding ortho intramolecular Hbond substituents is 1. The normalized spacial score (nSPS) is 11.4. The standard InChI is InChI=1S/C15H12N2O2S/c1-10-2-7-14-13(8-10)15(19)17(20-14)16-9-11-3-5-12(18)6-4-11/h2-9,18H,1H3/b16-9+. The van der Waals surface area contributed by atoms with Gasteiger partial charge >= 0.3 is 0 Å². The van der Waals surface area contributed by atoms with Gasteiger partial charge in [0.15, 0.2) is 0 Å². The van der Waals surface area contributed by atoms with E-state index in [0.717, 1.165) is 15.8 Å². The molecular weight excluding hydrogens is 272 g/mol. The molecule has 4 nitrogen and oxygen atoms in total. The van der Waals surface area contributed by atoms with Crippen molar-refractivity contribution in [2.45, 2.75) is 6.92 Å². The van der Waals surface area contributed by atoms with Crippen LogP contribution in [0.4, 0.5) is 0 Å². The van der Waals surface area contributed by atoms with E-state index in [4.69, 9.17) is 0 Å². The maximum Gasteiger partial charge on any atom is 0.289 e. The van der Waals surface area contributed by atoms with Gasteiger partial charge in [-0.3, -0.25) is 4.79 Å². The number of hydrogen-bond acceptors (Lipinski definition) is 4. The molecule has 0 aliphatic carbocycles. The zero-order valence-corrected chi connectivity index (χ0v) is 11.6. The first kappa shape index (κ1) is 12.6. The Morgan fingerprint density at radius 3 is 2.70 bits per heavy atom. The second-order valence-corrected chi connectivity index (χ2v) is 5.47. The fourth-order valence-electron chi connectivity index (χ4n) is 1.88. The van der Waals surface area contributed by atoms with Gasteiger partial charge in [-0.1, -0.05) is 11.6 Å². The highest BCUT2D eigenvalue weighted by Gasteiger charge is 2.06. The van der Waals surface area contributed by atoms with Crippen LogP contribution in [0, 0.1) is 6.92 Å². The minimum absolute atomic E-state index is 0.108. The number of benzene rings is 2. The van der Waals surface area contributed by atoms with Crippen molar-refractivity contribution >= 4 is 27.8 Å². The first-order valence-electron chi connectivity index (χ1n) is 6.09. The third kappa shape index (κ3) is 2.35. The topological polar surface area (TPSA) is 54.6 Å². The van der Waals surface area contributed by atoms with Gasteiger partial charge in [0, 0.05) is 0 Å². The number of aryl methyl sites for hydroxylation is 1. The zero-order valence-electron chi connectivity index (χ0n) is 10.8. The smallest absolute Gasteiger partial charge is 0.289 e. The number of aromatic hydroxyl groups is 1. The average molecular weight is 284 g/mol. The molecule has 0 aliphatic heterocycles. The Morgan fingerprint density at radius 1 is 1.20 bits per heavy atom. The predicted octanol–water partition coefficient (Wildman–Crippen LogP) is 2.96. The molecule has 0 atom stereocenters. The third-order valence-corrected chi connectivity index (χ3v) is 3.91. The molecule has 5 heteroatoms. The molecule has 1 aromatic heterocycles. The molecule has 0 saturated carbocycles. The van der Waals surface area contributed by atoms with Crippen molar-refractivity contribution in [3.63, 3.8) is 0 Å². The van der Waals surface area contributed by atoms with E-state index in [0.29, 0.717) is 5.39 Å². The lowest BCUT2D eigenvalue weighted by Gasteiger charge is -1.93. The van der Waals surface area contributed by atoms with Gasteiger partial charge in [0.05, 0.1) is 16.3 Å². The molecule has 20 heavy (non-hydrogen) atoms. The molecule has 100 valence electrons. The lowest BCUT2D eigenvalue weighted by Crippen LogP contribution is -2.08. The second kappa shape index (κ2) is 4.94. The van der Waals surface area contributed by atoms with Crippen LogP contribution in [-0.2, 0) is 0 Å². The summed E-state index contributed by atoms with van der Waals surface area (Å²) in [5.41, 5.74) is 1.77. The third-order valence-electron chi connectivity index (χ3n) is 2.93. The molecule has 3 aromatic rings. The van der Waals surface area contributed by atoms with Crippen LogP contribution in [0.25, 0.3) is 10.1 Å². The van der Waals surface area contributed by atoms with Gasteiger partial charge in [0.2, 0.25) is 0 Å². The summed E-state index contributed by atoms with van der Waals surface area (Å²) in [4.78, 5) is 12.2. The SMILES string of the molecule is Cc1ccc2sn(/N=C/c3ccc(O)cc3)c(=O)c2c1. The molecule has 0 amide bonds. The maximum absolute atomic E-state index is 12.2. The molecule has 1 heterocycles. The Balaban J connectivity index is 2.00. The van der Waals surface area contributed by atoms with Crippen molar-refractivity contribution in [2.75, 3.05) is 0 Å². The summed E-state index contributed by atoms with van der Waals surface area (Å²) in [7, 11) is 0. The lowest BCUT2D eigenvalue weighted by atomic mass is 10.2. The van der Waals surface area contributed by atoms with Crippen LogP contribution >= 0.6 is 11.5 Å². The Labute approximate surface area is 119 Å². The van der Waals surface area contributed by atoms with E-state index < -0.39 is 0 Å². The molecule has 0 spiro atoms. The molecule has 0 saturated heterocycles. The predicted molar refractivity (Wildman–Crippen MR) is 81.9 cm³/mol. The molecular formula is C15H12N2O2S. The fraction of sp³-hybridized carbons (Fsp3) is 0.0667. The molecule has 1 N–H and O–H groups in total. The molecule has 0 unspecified atom stereocenters. The molecule has 0 aliphatic rings. The molecule has 2 aromatic carbocycles. The van der Waals surface area contributed by atoms with Gasteiger partial charge < -0.3 is 5.11 Å². The number of fused-ring (bicyclic) bond motifs is 1. The van der Waals surface area contributed by atoms with Gasteiger partial charge in [0.1, 0.15) is 5.75 Å². The Hall–Kier alpha value is -2.40. The summed E-state index contributed by atoms with van der Waals surface area (Å²) in [6.07, 6.45) is 1.60. The van der Waals surface area contributed by atoms with Gasteiger partial charge in [-0.25, -0.2) is 0 Å². The quantitative estimate of drug-likeness (QED) is 0.736. The monoisotopic (exact) mass is 284 g/mol. The summed E-state index contributed by atoms with van der Waals surface area (Å²) in [6, 6.07) is 12.4. The molecule has 0 radical (unpaired) electrons. The highest BCUT2D eigenvalue weighted by atomic mass is 32.1. The number of hydrogen-bond donors (Lipinski definition) is 1. The van der Waals surface area contributed by atoms with E-state index in [1.165, 1.54) is 15.6 Å². The highest BCUT2D eigenvalue weighted by Crippen LogP contribution is 2.17. The number of rotatable bonds is 2. The van der Waals surface area contributed by atoms with E-state index in [-0.39, 0.29) is 11.3 Å².